The topological polar surface area (TPSA) is 96.0 Å². The van der Waals surface area contributed by atoms with Crippen LogP contribution in [-0.4, -0.2) is 63.5 Å². The quantitative estimate of drug-likeness (QED) is 0.732. The highest BCUT2D eigenvalue weighted by atomic mass is 35.5. The van der Waals surface area contributed by atoms with Gasteiger partial charge in [-0.1, -0.05) is 41.9 Å². The van der Waals surface area contributed by atoms with E-state index in [9.17, 15) is 18.0 Å². The summed E-state index contributed by atoms with van der Waals surface area (Å²) in [6.45, 7) is 1.71. The van der Waals surface area contributed by atoms with Gasteiger partial charge in [0, 0.05) is 38.3 Å². The minimum absolute atomic E-state index is 0.0323. The molecule has 2 aromatic carbocycles. The molecule has 1 N–H and O–H groups in total. The number of amides is 2. The van der Waals surface area contributed by atoms with Gasteiger partial charge in [-0.25, -0.2) is 17.9 Å². The lowest BCUT2D eigenvalue weighted by Gasteiger charge is -2.22. The highest BCUT2D eigenvalue weighted by Crippen LogP contribution is 2.24. The fourth-order valence-electron chi connectivity index (χ4n) is 3.31. The second-order valence-corrected chi connectivity index (χ2v) is 9.20. The molecule has 166 valence electrons. The molecule has 10 heteroatoms. The van der Waals surface area contributed by atoms with E-state index in [0.29, 0.717) is 32.6 Å². The molecule has 1 aliphatic rings. The Labute approximate surface area is 186 Å². The fourth-order valence-corrected chi connectivity index (χ4v) is 4.85. The first kappa shape index (κ1) is 23.1. The van der Waals surface area contributed by atoms with Crippen molar-refractivity contribution in [3.8, 4) is 0 Å². The van der Waals surface area contributed by atoms with Crippen molar-refractivity contribution in [2.75, 3.05) is 33.3 Å². The standard InChI is InChI=1S/C21H24ClN3O5S/c1-30-21(27)25-11-5-10-24(12-13-25)20(26)17-8-9-18(22)19(14-17)31(28,29)23-15-16-6-3-2-4-7-16/h2-4,6-9,14,23H,5,10-13,15H2,1H3. The van der Waals surface area contributed by atoms with Crippen LogP contribution in [0.15, 0.2) is 53.4 Å². The SMILES string of the molecule is COC(=O)N1CCCN(C(=O)c2ccc(Cl)c(S(=O)(=O)NCc3ccccc3)c2)CC1. The van der Waals surface area contributed by atoms with Crippen LogP contribution in [0.3, 0.4) is 0 Å². The first-order chi connectivity index (χ1) is 14.8. The van der Waals surface area contributed by atoms with E-state index < -0.39 is 16.1 Å². The summed E-state index contributed by atoms with van der Waals surface area (Å²) in [5.74, 6) is -0.317. The van der Waals surface area contributed by atoms with E-state index in [4.69, 9.17) is 16.3 Å². The monoisotopic (exact) mass is 465 g/mol. The van der Waals surface area contributed by atoms with Crippen molar-refractivity contribution >= 4 is 33.6 Å². The summed E-state index contributed by atoms with van der Waals surface area (Å²) in [5.41, 5.74) is 1.02. The molecule has 0 radical (unpaired) electrons. The summed E-state index contributed by atoms with van der Waals surface area (Å²) in [6, 6.07) is 13.3. The number of halogens is 1. The number of methoxy groups -OCH3 is 1. The molecule has 0 spiro atoms. The molecule has 3 rings (SSSR count). The summed E-state index contributed by atoms with van der Waals surface area (Å²) < 4.78 is 32.9. The Morgan fingerprint density at radius 3 is 2.42 bits per heavy atom. The van der Waals surface area contributed by atoms with Crippen molar-refractivity contribution in [2.24, 2.45) is 0 Å². The molecule has 0 saturated carbocycles. The van der Waals surface area contributed by atoms with Crippen molar-refractivity contribution in [3.05, 3.63) is 64.7 Å². The highest BCUT2D eigenvalue weighted by Gasteiger charge is 2.25. The van der Waals surface area contributed by atoms with Gasteiger partial charge >= 0.3 is 6.09 Å². The Morgan fingerprint density at radius 1 is 1.03 bits per heavy atom. The third kappa shape index (κ3) is 5.75. The lowest BCUT2D eigenvalue weighted by atomic mass is 10.2. The maximum absolute atomic E-state index is 13.0. The van der Waals surface area contributed by atoms with E-state index in [2.05, 4.69) is 4.72 Å². The van der Waals surface area contributed by atoms with Crippen LogP contribution in [0.2, 0.25) is 5.02 Å². The maximum Gasteiger partial charge on any atom is 0.409 e. The van der Waals surface area contributed by atoms with E-state index in [1.807, 2.05) is 18.2 Å². The van der Waals surface area contributed by atoms with Crippen molar-refractivity contribution in [1.29, 1.82) is 0 Å². The van der Waals surface area contributed by atoms with E-state index in [0.717, 1.165) is 5.56 Å². The summed E-state index contributed by atoms with van der Waals surface area (Å²) in [7, 11) is -2.61. The zero-order valence-corrected chi connectivity index (χ0v) is 18.7. The molecule has 31 heavy (non-hydrogen) atoms. The molecule has 0 unspecified atom stereocenters. The molecule has 0 bridgehead atoms. The Hall–Kier alpha value is -2.62. The van der Waals surface area contributed by atoms with Crippen LogP contribution in [0.5, 0.6) is 0 Å². The van der Waals surface area contributed by atoms with E-state index in [-0.39, 0.29) is 27.9 Å². The molecule has 1 saturated heterocycles. The molecule has 2 aromatic rings. The predicted octanol–water partition coefficient (Wildman–Crippen LogP) is 2.73. The van der Waals surface area contributed by atoms with Crippen molar-refractivity contribution < 1.29 is 22.7 Å². The average Bonchev–Trinajstić information content (AvgIpc) is 3.04. The average molecular weight is 466 g/mol. The van der Waals surface area contributed by atoms with Crippen LogP contribution in [0.25, 0.3) is 0 Å². The minimum atomic E-state index is -3.93. The largest absolute Gasteiger partial charge is 0.453 e. The Bertz CT molecular complexity index is 1050. The van der Waals surface area contributed by atoms with E-state index in [1.165, 1.54) is 25.3 Å². The third-order valence-corrected chi connectivity index (χ3v) is 6.88. The molecule has 1 aliphatic heterocycles. The Kier molecular flexibility index (Phi) is 7.53. The first-order valence-corrected chi connectivity index (χ1v) is 11.6. The Morgan fingerprint density at radius 2 is 1.71 bits per heavy atom. The molecule has 8 nitrogen and oxygen atoms in total. The van der Waals surface area contributed by atoms with Gasteiger partial charge in [0.1, 0.15) is 4.90 Å². The lowest BCUT2D eigenvalue weighted by molar-refractivity contribution is 0.0757. The number of carbonyl (C=O) groups is 2. The second-order valence-electron chi connectivity index (χ2n) is 7.06. The molecular formula is C21H24ClN3O5S. The minimum Gasteiger partial charge on any atom is -0.453 e. The van der Waals surface area contributed by atoms with Gasteiger partial charge in [-0.2, -0.15) is 0 Å². The van der Waals surface area contributed by atoms with Gasteiger partial charge in [-0.3, -0.25) is 4.79 Å². The summed E-state index contributed by atoms with van der Waals surface area (Å²) in [5, 5.41) is 0.0323. The van der Waals surface area contributed by atoms with E-state index in [1.54, 1.807) is 21.9 Å². The van der Waals surface area contributed by atoms with Gasteiger partial charge in [0.25, 0.3) is 5.91 Å². The van der Waals surface area contributed by atoms with Gasteiger partial charge in [0.2, 0.25) is 10.0 Å². The van der Waals surface area contributed by atoms with Gasteiger partial charge in [-0.15, -0.1) is 0 Å². The first-order valence-electron chi connectivity index (χ1n) is 9.77. The lowest BCUT2D eigenvalue weighted by Crippen LogP contribution is -2.37. The number of rotatable bonds is 5. The molecule has 1 fully saturated rings. The zero-order chi connectivity index (χ0) is 22.4. The van der Waals surface area contributed by atoms with Crippen LogP contribution in [0.1, 0.15) is 22.3 Å². The van der Waals surface area contributed by atoms with Crippen LogP contribution < -0.4 is 4.72 Å². The van der Waals surface area contributed by atoms with Crippen LogP contribution >= 0.6 is 11.6 Å². The van der Waals surface area contributed by atoms with Gasteiger partial charge in [-0.05, 0) is 30.2 Å². The van der Waals surface area contributed by atoms with Gasteiger partial charge in [0.05, 0.1) is 12.1 Å². The Balaban J connectivity index is 1.75. The number of sulfonamides is 1. The number of carbonyl (C=O) groups excluding carboxylic acids is 2. The van der Waals surface area contributed by atoms with Crippen molar-refractivity contribution in [2.45, 2.75) is 17.9 Å². The van der Waals surface area contributed by atoms with Crippen LogP contribution in [-0.2, 0) is 21.3 Å². The summed E-state index contributed by atoms with van der Waals surface area (Å²) in [4.78, 5) is 27.7. The highest BCUT2D eigenvalue weighted by molar-refractivity contribution is 7.89. The number of hydrogen-bond acceptors (Lipinski definition) is 5. The molecule has 0 aliphatic carbocycles. The zero-order valence-electron chi connectivity index (χ0n) is 17.1. The maximum atomic E-state index is 13.0. The number of benzene rings is 2. The number of nitrogens with zero attached hydrogens (tertiary/aromatic N) is 2. The van der Waals surface area contributed by atoms with Gasteiger partial charge in [0.15, 0.2) is 0 Å². The van der Waals surface area contributed by atoms with Gasteiger partial charge < -0.3 is 14.5 Å². The summed E-state index contributed by atoms with van der Waals surface area (Å²) >= 11 is 6.15. The smallest absolute Gasteiger partial charge is 0.409 e. The van der Waals surface area contributed by atoms with Crippen LogP contribution in [0.4, 0.5) is 4.79 Å². The molecular weight excluding hydrogens is 442 g/mol. The number of nitrogens with one attached hydrogen (secondary N) is 1. The molecule has 2 amide bonds. The fraction of sp³-hybridized carbons (Fsp3) is 0.333. The van der Waals surface area contributed by atoms with Crippen LogP contribution in [0, 0.1) is 0 Å². The summed E-state index contributed by atoms with van der Waals surface area (Å²) in [6.07, 6.45) is 0.164. The third-order valence-electron chi connectivity index (χ3n) is 4.99. The van der Waals surface area contributed by atoms with Crippen molar-refractivity contribution in [3.63, 3.8) is 0 Å². The number of hydrogen-bond donors (Lipinski definition) is 1. The normalized spacial score (nSPS) is 14.8. The molecule has 0 aromatic heterocycles. The van der Waals surface area contributed by atoms with Crippen molar-refractivity contribution in [1.82, 2.24) is 14.5 Å². The second kappa shape index (κ2) is 10.1. The molecule has 1 heterocycles. The predicted molar refractivity (Wildman–Crippen MR) is 116 cm³/mol. The van der Waals surface area contributed by atoms with E-state index >= 15 is 0 Å². The molecule has 0 atom stereocenters. The number of ether oxygens (including phenoxy) is 1.